The van der Waals surface area contributed by atoms with E-state index in [0.717, 1.165) is 0 Å². The summed E-state index contributed by atoms with van der Waals surface area (Å²) < 4.78 is 6.68. The summed E-state index contributed by atoms with van der Waals surface area (Å²) in [6.07, 6.45) is 11.7. The molecule has 0 aromatic heterocycles. The summed E-state index contributed by atoms with van der Waals surface area (Å²) >= 11 is 0. The van der Waals surface area contributed by atoms with E-state index in [1.165, 1.54) is 23.8 Å². The number of hydrogen-bond acceptors (Lipinski definition) is 1. The summed E-state index contributed by atoms with van der Waals surface area (Å²) in [7, 11) is -0.449. The Morgan fingerprint density at radius 3 is 2.04 bits per heavy atom. The smallest absolute Gasteiger partial charge is 0.219 e. The maximum atomic E-state index is 6.68. The summed E-state index contributed by atoms with van der Waals surface area (Å²) in [6.45, 7) is 21.6. The fourth-order valence-electron chi connectivity index (χ4n) is 3.35. The molecule has 1 saturated carbocycles. The van der Waals surface area contributed by atoms with Crippen LogP contribution in [0.4, 0.5) is 0 Å². The lowest BCUT2D eigenvalue weighted by molar-refractivity contribution is -0.0285. The van der Waals surface area contributed by atoms with Gasteiger partial charge in [0.25, 0.3) is 0 Å². The van der Waals surface area contributed by atoms with Crippen LogP contribution in [0.5, 0.6) is 0 Å². The zero-order valence-corrected chi connectivity index (χ0v) is 18.6. The first-order valence-corrected chi connectivity index (χ1v) is 13.2. The Labute approximate surface area is 146 Å². The van der Waals surface area contributed by atoms with Crippen LogP contribution in [0.1, 0.15) is 55.4 Å². The van der Waals surface area contributed by atoms with E-state index in [1.807, 2.05) is 0 Å². The van der Waals surface area contributed by atoms with Crippen molar-refractivity contribution < 1.29 is 4.74 Å². The maximum Gasteiger partial charge on any atom is 0.219 e. The Kier molecular flexibility index (Phi) is 6.63. The third-order valence-electron chi connectivity index (χ3n) is 6.65. The predicted octanol–water partition coefficient (Wildman–Crippen LogP) is 6.34. The third kappa shape index (κ3) is 4.23. The summed E-state index contributed by atoms with van der Waals surface area (Å²) in [4.78, 5) is 0. The molecule has 0 radical (unpaired) electrons. The molecule has 1 aliphatic carbocycles. The Morgan fingerprint density at radius 2 is 1.70 bits per heavy atom. The van der Waals surface area contributed by atoms with E-state index >= 15 is 0 Å². The van der Waals surface area contributed by atoms with Crippen LogP contribution in [0.3, 0.4) is 0 Å². The summed E-state index contributed by atoms with van der Waals surface area (Å²) in [6, 6.07) is 0. The van der Waals surface area contributed by atoms with Crippen LogP contribution >= 0.6 is 14.4 Å². The van der Waals surface area contributed by atoms with Crippen LogP contribution in [0, 0.1) is 17.3 Å². The van der Waals surface area contributed by atoms with Gasteiger partial charge >= 0.3 is 0 Å². The van der Waals surface area contributed by atoms with Gasteiger partial charge in [0.15, 0.2) is 0 Å². The molecule has 134 valence electrons. The van der Waals surface area contributed by atoms with E-state index in [0.29, 0.717) is 11.8 Å². The van der Waals surface area contributed by atoms with Gasteiger partial charge in [0.2, 0.25) is 5.34 Å². The summed E-state index contributed by atoms with van der Waals surface area (Å²) in [5.74, 6) is 2.17. The molecule has 0 heterocycles. The van der Waals surface area contributed by atoms with E-state index in [1.54, 1.807) is 0 Å². The minimum Gasteiger partial charge on any atom is -0.328 e. The molecule has 1 nitrogen and oxygen atoms in total. The second kappa shape index (κ2) is 7.19. The first-order valence-electron chi connectivity index (χ1n) is 8.97. The molecule has 0 spiro atoms. The van der Waals surface area contributed by atoms with Crippen LogP contribution < -0.4 is 0 Å². The zero-order chi connectivity index (χ0) is 18.2. The van der Waals surface area contributed by atoms with Crippen LogP contribution in [-0.2, 0) is 4.74 Å². The van der Waals surface area contributed by atoms with Crippen LogP contribution in [-0.4, -0.2) is 42.3 Å². The first kappa shape index (κ1) is 21.2. The Morgan fingerprint density at radius 1 is 1.22 bits per heavy atom. The number of ether oxygens (including phenoxy) is 1. The van der Waals surface area contributed by atoms with Crippen molar-refractivity contribution in [3.8, 4) is 0 Å². The van der Waals surface area contributed by atoms with Gasteiger partial charge in [0, 0.05) is 13.8 Å². The van der Waals surface area contributed by atoms with Gasteiger partial charge in [-0.15, -0.1) is 0 Å². The molecule has 0 saturated heterocycles. The normalized spacial score (nSPS) is 29.0. The molecule has 1 fully saturated rings. The molecular weight excluding hydrogens is 318 g/mol. The molecule has 0 bridgehead atoms. The van der Waals surface area contributed by atoms with E-state index < -0.39 is 14.4 Å². The Bertz CT molecular complexity index is 508. The lowest BCUT2D eigenvalue weighted by Gasteiger charge is -2.32. The largest absolute Gasteiger partial charge is 0.328 e. The van der Waals surface area contributed by atoms with Crippen molar-refractivity contribution in [2.24, 2.45) is 17.3 Å². The van der Waals surface area contributed by atoms with Crippen LogP contribution in [0.15, 0.2) is 12.2 Å². The monoisotopic (exact) mass is 357 g/mol. The Balaban J connectivity index is 2.92. The lowest BCUT2D eigenvalue weighted by Crippen LogP contribution is -2.33. The molecule has 0 aromatic carbocycles. The second-order valence-corrected chi connectivity index (χ2v) is 15.8. The Hall–Kier alpha value is 0.170. The van der Waals surface area contributed by atoms with Gasteiger partial charge in [-0.2, -0.15) is 0 Å². The highest BCUT2D eigenvalue weighted by Gasteiger charge is 2.51. The van der Waals surface area contributed by atoms with Crippen molar-refractivity contribution in [2.75, 3.05) is 18.2 Å². The minimum atomic E-state index is -1.08. The van der Waals surface area contributed by atoms with Crippen molar-refractivity contribution in [3.63, 3.8) is 0 Å². The molecule has 0 amide bonds. The molecule has 0 N–H and O–H groups in total. The summed E-state index contributed by atoms with van der Waals surface area (Å²) in [5, 5.41) is -0.176. The van der Waals surface area contributed by atoms with E-state index in [-0.39, 0.29) is 16.9 Å². The van der Waals surface area contributed by atoms with E-state index in [4.69, 9.17) is 4.74 Å². The van der Waals surface area contributed by atoms with Gasteiger partial charge in [-0.25, -0.2) is 0 Å². The molecule has 3 heteroatoms. The van der Waals surface area contributed by atoms with Gasteiger partial charge in [-0.1, -0.05) is 61.3 Å². The van der Waals surface area contributed by atoms with Crippen molar-refractivity contribution >= 4 is 27.0 Å². The topological polar surface area (TPSA) is 9.23 Å². The highest BCUT2D eigenvalue weighted by atomic mass is 31.2. The first-order chi connectivity index (χ1) is 10.3. The van der Waals surface area contributed by atoms with E-state index in [2.05, 4.69) is 74.6 Å². The van der Waals surface area contributed by atoms with Crippen LogP contribution in [0.2, 0.25) is 0 Å². The van der Waals surface area contributed by atoms with Crippen molar-refractivity contribution in [3.05, 3.63) is 12.2 Å². The lowest BCUT2D eigenvalue weighted by atomic mass is 9.77. The molecule has 1 rings (SSSR count). The SMILES string of the molecule is C=C1[C@@H](C)C(C)(C)[C@H](C)[C@H]1OC(C)(C)[P+](=C)CP(=C)(CC)CC. The predicted molar refractivity (Wildman–Crippen MR) is 114 cm³/mol. The summed E-state index contributed by atoms with van der Waals surface area (Å²) in [5.41, 5.74) is 1.51. The van der Waals surface area contributed by atoms with E-state index in [9.17, 15) is 0 Å². The average Bonchev–Trinajstić information content (AvgIpc) is 2.62. The number of hydrogen-bond donors (Lipinski definition) is 0. The van der Waals surface area contributed by atoms with Gasteiger partial charge in [-0.3, -0.25) is 0 Å². The second-order valence-electron chi connectivity index (χ2n) is 8.55. The van der Waals surface area contributed by atoms with Gasteiger partial charge in [-0.05, 0) is 35.1 Å². The standard InChI is InChI=1S/C20H39OP2/c1-12-23(11,13-2)14-22(10)20(8,9)21-18-15(3)16(4)19(6,7)17(18)5/h16-18H,3,10-14H2,1-2,4-9H3/q+1/t16-,17-,18+/m1/s1. The molecule has 4 atom stereocenters. The average molecular weight is 357 g/mol. The minimum absolute atomic E-state index is 0.155. The van der Waals surface area contributed by atoms with Crippen molar-refractivity contribution in [1.29, 1.82) is 0 Å². The van der Waals surface area contributed by atoms with Gasteiger partial charge in [0.1, 0.15) is 13.4 Å². The fraction of sp³-hybridized carbons (Fsp3) is 0.800. The fourth-order valence-corrected chi connectivity index (χ4v) is 9.92. The van der Waals surface area contributed by atoms with Crippen molar-refractivity contribution in [2.45, 2.75) is 66.8 Å². The van der Waals surface area contributed by atoms with Gasteiger partial charge in [0.05, 0.1) is 12.4 Å². The van der Waals surface area contributed by atoms with Crippen LogP contribution in [0.25, 0.3) is 0 Å². The van der Waals surface area contributed by atoms with Crippen molar-refractivity contribution in [1.82, 2.24) is 0 Å². The molecule has 23 heavy (non-hydrogen) atoms. The molecule has 0 aliphatic heterocycles. The zero-order valence-electron chi connectivity index (χ0n) is 16.8. The maximum absolute atomic E-state index is 6.68. The molecule has 1 unspecified atom stereocenters. The quantitative estimate of drug-likeness (QED) is 0.382. The molecule has 0 aromatic rings. The highest BCUT2D eigenvalue weighted by molar-refractivity contribution is 7.83. The molecular formula is C20H39OP2+. The molecule has 1 aliphatic rings. The highest BCUT2D eigenvalue weighted by Crippen LogP contribution is 2.58. The third-order valence-corrected chi connectivity index (χ3v) is 14.7. The van der Waals surface area contributed by atoms with Gasteiger partial charge < -0.3 is 4.74 Å². The number of rotatable bonds is 7.